The minimum atomic E-state index is -0.591. The molecule has 83 valence electrons. The Balaban J connectivity index is 2.90. The number of rotatable bonds is 3. The largest absolute Gasteiger partial charge is 0.468 e. The molecule has 3 nitrogen and oxygen atoms in total. The summed E-state index contributed by atoms with van der Waals surface area (Å²) in [6, 6.07) is 6.66. The van der Waals surface area contributed by atoms with Gasteiger partial charge in [0, 0.05) is 11.0 Å². The van der Waals surface area contributed by atoms with E-state index in [1.54, 1.807) is 6.92 Å². The van der Waals surface area contributed by atoms with E-state index in [9.17, 15) is 9.18 Å². The van der Waals surface area contributed by atoms with Crippen molar-refractivity contribution in [3.8, 4) is 6.07 Å². The summed E-state index contributed by atoms with van der Waals surface area (Å²) in [5.74, 6) is -0.982. The Morgan fingerprint density at radius 3 is 3.00 bits per heavy atom. The van der Waals surface area contributed by atoms with Crippen LogP contribution in [0.15, 0.2) is 17.0 Å². The summed E-state index contributed by atoms with van der Waals surface area (Å²) in [7, 11) is 1.29. The zero-order valence-corrected chi connectivity index (χ0v) is 9.60. The smallest absolute Gasteiger partial charge is 0.318 e. The molecule has 5 heteroatoms. The van der Waals surface area contributed by atoms with E-state index < -0.39 is 17.0 Å². The highest BCUT2D eigenvalue weighted by Crippen LogP contribution is 2.27. The van der Waals surface area contributed by atoms with E-state index in [4.69, 9.17) is 5.26 Å². The van der Waals surface area contributed by atoms with E-state index in [1.165, 1.54) is 13.2 Å². The molecule has 0 N–H and O–H groups in total. The fraction of sp³-hybridized carbons (Fsp3) is 0.273. The minimum Gasteiger partial charge on any atom is -0.468 e. The Hall–Kier alpha value is -1.54. The van der Waals surface area contributed by atoms with Gasteiger partial charge in [-0.2, -0.15) is 5.26 Å². The molecule has 1 unspecified atom stereocenters. The molecular formula is C11H9FNO2S. The first-order valence-corrected chi connectivity index (χ1v) is 5.32. The number of nitriles is 1. The van der Waals surface area contributed by atoms with Crippen LogP contribution in [0.1, 0.15) is 12.5 Å². The molecule has 0 aliphatic rings. The highest BCUT2D eigenvalue weighted by molar-refractivity contribution is 8.00. The van der Waals surface area contributed by atoms with Crippen LogP contribution in [0.5, 0.6) is 0 Å². The van der Waals surface area contributed by atoms with E-state index >= 15 is 0 Å². The van der Waals surface area contributed by atoms with Gasteiger partial charge in [0.2, 0.25) is 0 Å². The number of hydrogen-bond donors (Lipinski definition) is 0. The molecule has 0 saturated carbocycles. The molecule has 1 aromatic rings. The molecule has 1 aromatic carbocycles. The first-order chi connectivity index (χ1) is 7.58. The minimum absolute atomic E-state index is 0.192. The van der Waals surface area contributed by atoms with Gasteiger partial charge in [0.15, 0.2) is 0 Å². The zero-order valence-electron chi connectivity index (χ0n) is 8.78. The quantitative estimate of drug-likeness (QED) is 0.598. The van der Waals surface area contributed by atoms with E-state index in [-0.39, 0.29) is 5.56 Å². The summed E-state index contributed by atoms with van der Waals surface area (Å²) >= 11 is 1.14. The second kappa shape index (κ2) is 5.52. The van der Waals surface area contributed by atoms with Crippen LogP contribution in [0.25, 0.3) is 0 Å². The third-order valence-corrected chi connectivity index (χ3v) is 2.97. The van der Waals surface area contributed by atoms with Crippen molar-refractivity contribution in [2.45, 2.75) is 17.1 Å². The average molecular weight is 238 g/mol. The summed E-state index contributed by atoms with van der Waals surface area (Å²) in [6.07, 6.45) is 0. The van der Waals surface area contributed by atoms with Crippen LogP contribution in [0.4, 0.5) is 4.39 Å². The van der Waals surface area contributed by atoms with Crippen molar-refractivity contribution in [2.75, 3.05) is 7.11 Å². The van der Waals surface area contributed by atoms with Crippen LogP contribution in [0.2, 0.25) is 0 Å². The topological polar surface area (TPSA) is 50.1 Å². The predicted octanol–water partition coefficient (Wildman–Crippen LogP) is 2.15. The van der Waals surface area contributed by atoms with Crippen LogP contribution in [-0.4, -0.2) is 18.3 Å². The van der Waals surface area contributed by atoms with E-state index in [0.717, 1.165) is 17.8 Å². The van der Waals surface area contributed by atoms with Gasteiger partial charge in [-0.25, -0.2) is 4.39 Å². The van der Waals surface area contributed by atoms with Gasteiger partial charge in [-0.1, -0.05) is 0 Å². The summed E-state index contributed by atoms with van der Waals surface area (Å²) < 4.78 is 17.3. The standard InChI is InChI=1S/C11H9FNO2S/c1-7(11(14)15-2)16-10-4-3-9(12)5-8(10)6-13/h4-5,7H,1-2H3. The van der Waals surface area contributed by atoms with E-state index in [1.807, 2.05) is 6.07 Å². The Kier molecular flexibility index (Phi) is 4.32. The Bertz CT molecular complexity index is 442. The molecular weight excluding hydrogens is 229 g/mol. The molecule has 0 saturated heterocycles. The second-order valence-electron chi connectivity index (χ2n) is 2.95. The normalized spacial score (nSPS) is 11.6. The van der Waals surface area contributed by atoms with Gasteiger partial charge in [0.25, 0.3) is 0 Å². The lowest BCUT2D eigenvalue weighted by molar-refractivity contribution is -0.139. The lowest BCUT2D eigenvalue weighted by Gasteiger charge is -2.09. The van der Waals surface area contributed by atoms with Crippen molar-refractivity contribution >= 4 is 17.7 Å². The zero-order chi connectivity index (χ0) is 12.1. The van der Waals surface area contributed by atoms with Crippen LogP contribution in [0, 0.1) is 23.2 Å². The van der Waals surface area contributed by atoms with Gasteiger partial charge >= 0.3 is 5.97 Å². The van der Waals surface area contributed by atoms with E-state index in [0.29, 0.717) is 4.90 Å². The fourth-order valence-corrected chi connectivity index (χ4v) is 1.97. The first-order valence-electron chi connectivity index (χ1n) is 4.44. The van der Waals surface area contributed by atoms with Crippen LogP contribution >= 0.6 is 11.8 Å². The van der Waals surface area contributed by atoms with Crippen molar-refractivity contribution in [3.05, 3.63) is 29.6 Å². The summed E-state index contributed by atoms with van der Waals surface area (Å²) in [5, 5.41) is 8.34. The van der Waals surface area contributed by atoms with Gasteiger partial charge in [0.1, 0.15) is 17.1 Å². The SMILES string of the molecule is COC(=O)C(C)Sc1c[c]c(F)cc1C#N. The molecule has 1 atom stereocenters. The van der Waals surface area contributed by atoms with Crippen molar-refractivity contribution in [3.63, 3.8) is 0 Å². The maximum atomic E-state index is 12.8. The Morgan fingerprint density at radius 1 is 1.75 bits per heavy atom. The average Bonchev–Trinajstić information content (AvgIpc) is 2.30. The molecule has 0 bridgehead atoms. The number of halogens is 1. The third kappa shape index (κ3) is 2.97. The number of ether oxygens (including phenoxy) is 1. The number of nitrogens with zero attached hydrogens (tertiary/aromatic N) is 1. The van der Waals surface area contributed by atoms with Gasteiger partial charge in [-0.3, -0.25) is 4.79 Å². The van der Waals surface area contributed by atoms with Gasteiger partial charge in [0.05, 0.1) is 12.7 Å². The van der Waals surface area contributed by atoms with Gasteiger partial charge in [-0.05, 0) is 19.1 Å². The molecule has 0 spiro atoms. The Morgan fingerprint density at radius 2 is 2.44 bits per heavy atom. The number of thioether (sulfide) groups is 1. The van der Waals surface area contributed by atoms with Gasteiger partial charge in [-0.15, -0.1) is 11.8 Å². The fourth-order valence-electron chi connectivity index (χ4n) is 1.04. The molecule has 1 rings (SSSR count). The molecule has 16 heavy (non-hydrogen) atoms. The molecule has 0 fully saturated rings. The number of esters is 1. The molecule has 0 aliphatic carbocycles. The van der Waals surface area contributed by atoms with Crippen molar-refractivity contribution < 1.29 is 13.9 Å². The monoisotopic (exact) mass is 238 g/mol. The summed E-state index contributed by atoms with van der Waals surface area (Å²) in [4.78, 5) is 11.7. The summed E-state index contributed by atoms with van der Waals surface area (Å²) in [6.45, 7) is 1.65. The number of carbonyl (C=O) groups is 1. The summed E-state index contributed by atoms with van der Waals surface area (Å²) in [5.41, 5.74) is 0.192. The maximum Gasteiger partial charge on any atom is 0.318 e. The highest BCUT2D eigenvalue weighted by Gasteiger charge is 2.16. The number of benzene rings is 1. The Labute approximate surface area is 97.2 Å². The molecule has 0 heterocycles. The number of hydrogen-bond acceptors (Lipinski definition) is 4. The van der Waals surface area contributed by atoms with Crippen molar-refractivity contribution in [2.24, 2.45) is 0 Å². The second-order valence-corrected chi connectivity index (χ2v) is 4.34. The molecule has 0 aromatic heterocycles. The lowest BCUT2D eigenvalue weighted by Crippen LogP contribution is -2.14. The molecule has 1 radical (unpaired) electrons. The van der Waals surface area contributed by atoms with Crippen LogP contribution in [-0.2, 0) is 9.53 Å². The van der Waals surface area contributed by atoms with Crippen LogP contribution in [0.3, 0.4) is 0 Å². The van der Waals surface area contributed by atoms with Gasteiger partial charge < -0.3 is 4.74 Å². The van der Waals surface area contributed by atoms with Crippen molar-refractivity contribution in [1.82, 2.24) is 0 Å². The van der Waals surface area contributed by atoms with E-state index in [2.05, 4.69) is 10.8 Å². The van der Waals surface area contributed by atoms with Crippen molar-refractivity contribution in [1.29, 1.82) is 5.26 Å². The number of carbonyl (C=O) groups excluding carboxylic acids is 1. The lowest BCUT2D eigenvalue weighted by atomic mass is 10.2. The predicted molar refractivity (Wildman–Crippen MR) is 57.3 cm³/mol. The maximum absolute atomic E-state index is 12.8. The molecule has 0 aliphatic heterocycles. The highest BCUT2D eigenvalue weighted by atomic mass is 32.2. The molecule has 0 amide bonds. The first kappa shape index (κ1) is 12.5. The third-order valence-electron chi connectivity index (χ3n) is 1.83. The number of methoxy groups -OCH3 is 1. The van der Waals surface area contributed by atoms with Crippen LogP contribution < -0.4 is 0 Å².